The van der Waals surface area contributed by atoms with Crippen LogP contribution in [0.1, 0.15) is 31.6 Å². The average Bonchev–Trinajstić information content (AvgIpc) is 2.69. The van der Waals surface area contributed by atoms with Gasteiger partial charge in [-0.15, -0.1) is 11.3 Å². The van der Waals surface area contributed by atoms with E-state index in [1.54, 1.807) is 11.3 Å². The predicted molar refractivity (Wildman–Crippen MR) is 64.4 cm³/mol. The number of aliphatic hydroxyl groups is 1. The van der Waals surface area contributed by atoms with Crippen LogP contribution in [0.2, 0.25) is 0 Å². The van der Waals surface area contributed by atoms with Crippen molar-refractivity contribution >= 4 is 11.3 Å². The molecule has 1 aliphatic heterocycles. The van der Waals surface area contributed by atoms with Gasteiger partial charge in [0.05, 0.1) is 6.61 Å². The number of rotatable bonds is 2. The van der Waals surface area contributed by atoms with Gasteiger partial charge in [0.25, 0.3) is 0 Å². The molecule has 0 aliphatic carbocycles. The highest BCUT2D eigenvalue weighted by Gasteiger charge is 2.41. The number of nitrogens with one attached hydrogen (secondary N) is 1. The van der Waals surface area contributed by atoms with E-state index in [-0.39, 0.29) is 17.6 Å². The van der Waals surface area contributed by atoms with E-state index in [0.717, 1.165) is 19.4 Å². The third-order valence-electron chi connectivity index (χ3n) is 3.33. The van der Waals surface area contributed by atoms with E-state index < -0.39 is 0 Å². The van der Waals surface area contributed by atoms with Crippen molar-refractivity contribution in [1.82, 2.24) is 5.32 Å². The third kappa shape index (κ3) is 2.10. The van der Waals surface area contributed by atoms with Crippen LogP contribution < -0.4 is 5.32 Å². The summed E-state index contributed by atoms with van der Waals surface area (Å²) in [6.45, 7) is 5.68. The molecule has 2 N–H and O–H groups in total. The van der Waals surface area contributed by atoms with Gasteiger partial charge in [-0.2, -0.15) is 0 Å². The fourth-order valence-corrected chi connectivity index (χ4v) is 3.59. The van der Waals surface area contributed by atoms with Gasteiger partial charge >= 0.3 is 0 Å². The third-order valence-corrected chi connectivity index (χ3v) is 4.45. The van der Waals surface area contributed by atoms with Crippen LogP contribution in [0.25, 0.3) is 0 Å². The maximum atomic E-state index is 9.72. The van der Waals surface area contributed by atoms with Crippen LogP contribution in [0.4, 0.5) is 0 Å². The summed E-state index contributed by atoms with van der Waals surface area (Å²) in [5, 5.41) is 15.3. The molecule has 1 aromatic rings. The molecule has 1 atom stereocenters. The van der Waals surface area contributed by atoms with Crippen molar-refractivity contribution in [3.05, 3.63) is 22.4 Å². The molecular weight excluding hydrogens is 206 g/mol. The largest absolute Gasteiger partial charge is 0.395 e. The molecule has 1 aromatic heterocycles. The van der Waals surface area contributed by atoms with E-state index in [1.165, 1.54) is 4.88 Å². The lowest BCUT2D eigenvalue weighted by molar-refractivity contribution is 0.115. The minimum atomic E-state index is -0.0110. The predicted octanol–water partition coefficient (Wildman–Crippen LogP) is 2.14. The molecule has 2 nitrogen and oxygen atoms in total. The molecule has 1 unspecified atom stereocenters. The number of hydrogen-bond acceptors (Lipinski definition) is 3. The van der Waals surface area contributed by atoms with Crippen molar-refractivity contribution in [2.45, 2.75) is 37.6 Å². The fraction of sp³-hybridized carbons (Fsp3) is 0.667. The molecule has 1 fully saturated rings. The molecule has 15 heavy (non-hydrogen) atoms. The molecule has 0 bridgehead atoms. The minimum Gasteiger partial charge on any atom is -0.395 e. The van der Waals surface area contributed by atoms with Gasteiger partial charge in [-0.05, 0) is 44.7 Å². The second-order valence-electron chi connectivity index (χ2n) is 5.15. The summed E-state index contributed by atoms with van der Waals surface area (Å²) in [5.74, 6) is 0. The zero-order chi connectivity index (χ0) is 10.9. The molecule has 1 saturated heterocycles. The first kappa shape index (κ1) is 11.1. The molecule has 0 amide bonds. The smallest absolute Gasteiger partial charge is 0.0537 e. The quantitative estimate of drug-likeness (QED) is 0.808. The highest BCUT2D eigenvalue weighted by Crippen LogP contribution is 2.40. The summed E-state index contributed by atoms with van der Waals surface area (Å²) >= 11 is 1.77. The topological polar surface area (TPSA) is 32.3 Å². The van der Waals surface area contributed by atoms with Gasteiger partial charge < -0.3 is 10.4 Å². The summed E-state index contributed by atoms with van der Waals surface area (Å²) in [6, 6.07) is 4.23. The van der Waals surface area contributed by atoms with E-state index in [0.29, 0.717) is 0 Å². The monoisotopic (exact) mass is 225 g/mol. The Morgan fingerprint density at radius 2 is 2.33 bits per heavy atom. The molecular formula is C12H19NOS. The van der Waals surface area contributed by atoms with E-state index in [4.69, 9.17) is 0 Å². The molecule has 1 aliphatic rings. The summed E-state index contributed by atoms with van der Waals surface area (Å²) in [5.41, 5.74) is 0.119. The molecule has 0 aromatic carbocycles. The second kappa shape index (κ2) is 3.89. The van der Waals surface area contributed by atoms with Gasteiger partial charge in [-0.1, -0.05) is 6.07 Å². The van der Waals surface area contributed by atoms with Crippen molar-refractivity contribution in [1.29, 1.82) is 0 Å². The van der Waals surface area contributed by atoms with E-state index >= 15 is 0 Å². The van der Waals surface area contributed by atoms with Gasteiger partial charge in [0, 0.05) is 15.8 Å². The minimum absolute atomic E-state index is 0.0110. The maximum Gasteiger partial charge on any atom is 0.0537 e. The summed E-state index contributed by atoms with van der Waals surface area (Å²) in [4.78, 5) is 1.33. The Morgan fingerprint density at radius 3 is 2.87 bits per heavy atom. The maximum absolute atomic E-state index is 9.72. The van der Waals surface area contributed by atoms with Gasteiger partial charge in [0.2, 0.25) is 0 Å². The van der Waals surface area contributed by atoms with Crippen LogP contribution in [-0.4, -0.2) is 23.8 Å². The Labute approximate surface area is 95.3 Å². The van der Waals surface area contributed by atoms with Crippen LogP contribution in [0.3, 0.4) is 0 Å². The zero-order valence-electron chi connectivity index (χ0n) is 9.42. The Balaban J connectivity index is 2.29. The van der Waals surface area contributed by atoms with Crippen LogP contribution in [0, 0.1) is 0 Å². The van der Waals surface area contributed by atoms with Crippen LogP contribution in [0.15, 0.2) is 17.5 Å². The van der Waals surface area contributed by atoms with Gasteiger partial charge in [0.1, 0.15) is 0 Å². The SMILES string of the molecule is CC1(C)CC(CO)(c2cccs2)CCN1. The molecule has 0 radical (unpaired) electrons. The lowest BCUT2D eigenvalue weighted by Gasteiger charge is -2.44. The molecule has 0 spiro atoms. The normalized spacial score (nSPS) is 30.3. The Bertz CT molecular complexity index is 320. The Morgan fingerprint density at radius 1 is 1.53 bits per heavy atom. The highest BCUT2D eigenvalue weighted by atomic mass is 32.1. The lowest BCUT2D eigenvalue weighted by Crippen LogP contribution is -2.53. The fourth-order valence-electron chi connectivity index (χ4n) is 2.64. The summed E-state index contributed by atoms with van der Waals surface area (Å²) in [6.07, 6.45) is 2.05. The van der Waals surface area contributed by atoms with Crippen LogP contribution in [-0.2, 0) is 5.41 Å². The van der Waals surface area contributed by atoms with Gasteiger partial charge in [0.15, 0.2) is 0 Å². The summed E-state index contributed by atoms with van der Waals surface area (Å²) < 4.78 is 0. The number of aliphatic hydroxyl groups excluding tert-OH is 1. The van der Waals surface area contributed by atoms with Crippen LogP contribution in [0.5, 0.6) is 0 Å². The number of piperidine rings is 1. The Kier molecular flexibility index (Phi) is 2.88. The summed E-state index contributed by atoms with van der Waals surface area (Å²) in [7, 11) is 0. The van der Waals surface area contributed by atoms with Crippen molar-refractivity contribution in [2.24, 2.45) is 0 Å². The molecule has 84 valence electrons. The number of thiophene rings is 1. The van der Waals surface area contributed by atoms with E-state index in [9.17, 15) is 5.11 Å². The molecule has 3 heteroatoms. The first-order chi connectivity index (χ1) is 7.08. The zero-order valence-corrected chi connectivity index (χ0v) is 10.2. The lowest BCUT2D eigenvalue weighted by atomic mass is 9.71. The Hall–Kier alpha value is -0.380. The van der Waals surface area contributed by atoms with Crippen molar-refractivity contribution in [2.75, 3.05) is 13.2 Å². The average molecular weight is 225 g/mol. The van der Waals surface area contributed by atoms with Crippen molar-refractivity contribution in [3.63, 3.8) is 0 Å². The van der Waals surface area contributed by atoms with Crippen molar-refractivity contribution in [3.8, 4) is 0 Å². The van der Waals surface area contributed by atoms with Gasteiger partial charge in [-0.3, -0.25) is 0 Å². The first-order valence-electron chi connectivity index (χ1n) is 5.48. The number of hydrogen-bond donors (Lipinski definition) is 2. The highest BCUT2D eigenvalue weighted by molar-refractivity contribution is 7.10. The van der Waals surface area contributed by atoms with Gasteiger partial charge in [-0.25, -0.2) is 0 Å². The van der Waals surface area contributed by atoms with Crippen molar-refractivity contribution < 1.29 is 5.11 Å². The van der Waals surface area contributed by atoms with E-state index in [1.807, 2.05) is 0 Å². The molecule has 2 heterocycles. The van der Waals surface area contributed by atoms with E-state index in [2.05, 4.69) is 36.7 Å². The van der Waals surface area contributed by atoms with Crippen LogP contribution >= 0.6 is 11.3 Å². The standard InChI is InChI=1S/C12H19NOS/c1-11(2)8-12(9-14,5-6-13-11)10-4-3-7-15-10/h3-4,7,13-14H,5-6,8-9H2,1-2H3. The molecule has 0 saturated carbocycles. The first-order valence-corrected chi connectivity index (χ1v) is 6.36. The molecule has 2 rings (SSSR count). The second-order valence-corrected chi connectivity index (χ2v) is 6.10.